The lowest BCUT2D eigenvalue weighted by molar-refractivity contribution is 0.453. The van der Waals surface area contributed by atoms with Gasteiger partial charge in [0.1, 0.15) is 5.82 Å². The Morgan fingerprint density at radius 3 is 3.00 bits per heavy atom. The number of halogens is 2. The number of aryl methyl sites for hydroxylation is 1. The first kappa shape index (κ1) is 14.3. The van der Waals surface area contributed by atoms with Gasteiger partial charge in [-0.25, -0.2) is 4.39 Å². The summed E-state index contributed by atoms with van der Waals surface area (Å²) in [4.78, 5) is 14.3. The Bertz CT molecular complexity index is 714. The number of hydrogen-bond donors (Lipinski definition) is 2. The topological polar surface area (TPSA) is 44.9 Å². The van der Waals surface area contributed by atoms with Gasteiger partial charge in [-0.15, -0.1) is 0 Å². The molecule has 1 heterocycles. The van der Waals surface area contributed by atoms with Crippen LogP contribution in [0.25, 0.3) is 0 Å². The Balaban J connectivity index is 1.74. The van der Waals surface area contributed by atoms with Crippen LogP contribution in [0.15, 0.2) is 35.1 Å². The van der Waals surface area contributed by atoms with E-state index in [4.69, 9.17) is 11.6 Å². The molecular weight excluding hydrogens is 291 g/mol. The summed E-state index contributed by atoms with van der Waals surface area (Å²) in [6.07, 6.45) is 2.94. The molecule has 1 aliphatic carbocycles. The Hall–Kier alpha value is -1.65. The predicted molar refractivity (Wildman–Crippen MR) is 81.0 cm³/mol. The number of rotatable bonds is 3. The monoisotopic (exact) mass is 306 g/mol. The third-order valence-corrected chi connectivity index (χ3v) is 4.17. The van der Waals surface area contributed by atoms with Crippen LogP contribution in [0, 0.1) is 5.82 Å². The Morgan fingerprint density at radius 1 is 1.33 bits per heavy atom. The zero-order valence-electron chi connectivity index (χ0n) is 11.5. The van der Waals surface area contributed by atoms with Crippen LogP contribution in [0.1, 0.15) is 35.7 Å². The third-order valence-electron chi connectivity index (χ3n) is 3.87. The van der Waals surface area contributed by atoms with Gasteiger partial charge in [-0.1, -0.05) is 23.7 Å². The molecule has 5 heteroatoms. The average Bonchev–Trinajstić information content (AvgIpc) is 2.48. The van der Waals surface area contributed by atoms with E-state index in [0.717, 1.165) is 36.1 Å². The molecule has 0 spiro atoms. The van der Waals surface area contributed by atoms with Crippen LogP contribution < -0.4 is 10.9 Å². The van der Waals surface area contributed by atoms with Crippen LogP contribution in [0.3, 0.4) is 0 Å². The van der Waals surface area contributed by atoms with Crippen LogP contribution in [0.5, 0.6) is 0 Å². The summed E-state index contributed by atoms with van der Waals surface area (Å²) in [5.74, 6) is -0.399. The molecule has 3 nitrogen and oxygen atoms in total. The maximum absolute atomic E-state index is 13.4. The van der Waals surface area contributed by atoms with Gasteiger partial charge in [-0.2, -0.15) is 0 Å². The van der Waals surface area contributed by atoms with E-state index in [0.29, 0.717) is 6.54 Å². The van der Waals surface area contributed by atoms with Crippen LogP contribution in [-0.2, 0) is 13.0 Å². The lowest BCUT2D eigenvalue weighted by Gasteiger charge is -2.26. The molecule has 0 aliphatic heterocycles. The van der Waals surface area contributed by atoms with E-state index in [2.05, 4.69) is 10.3 Å². The van der Waals surface area contributed by atoms with E-state index in [1.54, 1.807) is 12.1 Å². The molecule has 2 N–H and O–H groups in total. The zero-order chi connectivity index (χ0) is 14.8. The zero-order valence-corrected chi connectivity index (χ0v) is 12.2. The van der Waals surface area contributed by atoms with E-state index in [1.165, 1.54) is 6.07 Å². The lowest BCUT2D eigenvalue weighted by Crippen LogP contribution is -2.27. The fraction of sp³-hybridized carbons (Fsp3) is 0.312. The molecular formula is C16H16ClFN2O. The van der Waals surface area contributed by atoms with E-state index >= 15 is 0 Å². The minimum Gasteiger partial charge on any atom is -0.326 e. The van der Waals surface area contributed by atoms with Crippen molar-refractivity contribution in [3.8, 4) is 0 Å². The summed E-state index contributed by atoms with van der Waals surface area (Å²) >= 11 is 5.68. The van der Waals surface area contributed by atoms with Crippen LogP contribution in [-0.4, -0.2) is 4.98 Å². The number of benzene rings is 1. The fourth-order valence-electron chi connectivity index (χ4n) is 2.80. The molecule has 110 valence electrons. The molecule has 1 aliphatic rings. The van der Waals surface area contributed by atoms with Crippen molar-refractivity contribution < 1.29 is 4.39 Å². The first-order valence-electron chi connectivity index (χ1n) is 7.03. The van der Waals surface area contributed by atoms with Crippen LogP contribution in [0.2, 0.25) is 5.02 Å². The summed E-state index contributed by atoms with van der Waals surface area (Å²) in [6, 6.07) is 8.46. The van der Waals surface area contributed by atoms with Gasteiger partial charge in [0, 0.05) is 24.3 Å². The van der Waals surface area contributed by atoms with Gasteiger partial charge in [-0.05, 0) is 42.5 Å². The molecule has 0 radical (unpaired) electrons. The molecule has 0 bridgehead atoms. The van der Waals surface area contributed by atoms with E-state index in [1.807, 2.05) is 12.1 Å². The highest BCUT2D eigenvalue weighted by atomic mass is 35.5. The Kier molecular flexibility index (Phi) is 4.08. The molecule has 0 saturated carbocycles. The predicted octanol–water partition coefficient (Wildman–Crippen LogP) is 3.33. The van der Waals surface area contributed by atoms with Crippen LogP contribution >= 0.6 is 11.6 Å². The summed E-state index contributed by atoms with van der Waals surface area (Å²) < 4.78 is 13.4. The van der Waals surface area contributed by atoms with Crippen molar-refractivity contribution >= 4 is 11.6 Å². The second kappa shape index (κ2) is 6.00. The third kappa shape index (κ3) is 3.17. The van der Waals surface area contributed by atoms with Crippen molar-refractivity contribution in [2.75, 3.05) is 0 Å². The second-order valence-electron chi connectivity index (χ2n) is 5.33. The number of hydrogen-bond acceptors (Lipinski definition) is 2. The maximum atomic E-state index is 13.4. The molecule has 0 fully saturated rings. The van der Waals surface area contributed by atoms with Gasteiger partial charge in [0.2, 0.25) is 5.56 Å². The number of aromatic amines is 1. The maximum Gasteiger partial charge on any atom is 0.248 e. The Labute approximate surface area is 127 Å². The highest BCUT2D eigenvalue weighted by molar-refractivity contribution is 6.30. The summed E-state index contributed by atoms with van der Waals surface area (Å²) in [6.45, 7) is 0.567. The number of pyridine rings is 1. The fourth-order valence-corrected chi connectivity index (χ4v) is 2.92. The minimum atomic E-state index is -0.399. The van der Waals surface area contributed by atoms with Gasteiger partial charge in [0.15, 0.2) is 0 Å². The molecule has 1 atom stereocenters. The highest BCUT2D eigenvalue weighted by Gasteiger charge is 2.20. The lowest BCUT2D eigenvalue weighted by atomic mass is 9.91. The van der Waals surface area contributed by atoms with Crippen molar-refractivity contribution in [3.63, 3.8) is 0 Å². The summed E-state index contributed by atoms with van der Waals surface area (Å²) in [5.41, 5.74) is 2.94. The van der Waals surface area contributed by atoms with E-state index in [9.17, 15) is 9.18 Å². The molecule has 0 amide bonds. The summed E-state index contributed by atoms with van der Waals surface area (Å²) in [5, 5.41) is 3.57. The largest absolute Gasteiger partial charge is 0.326 e. The number of aromatic nitrogens is 1. The molecule has 1 aromatic carbocycles. The van der Waals surface area contributed by atoms with Gasteiger partial charge in [-0.3, -0.25) is 4.79 Å². The Morgan fingerprint density at radius 2 is 2.19 bits per heavy atom. The highest BCUT2D eigenvalue weighted by Crippen LogP contribution is 2.28. The van der Waals surface area contributed by atoms with Gasteiger partial charge in [0.25, 0.3) is 0 Å². The van der Waals surface area contributed by atoms with Gasteiger partial charge >= 0.3 is 0 Å². The van der Waals surface area contributed by atoms with Crippen molar-refractivity contribution in [1.82, 2.24) is 10.3 Å². The van der Waals surface area contributed by atoms with Crippen molar-refractivity contribution in [3.05, 3.63) is 68.3 Å². The quantitative estimate of drug-likeness (QED) is 0.913. The minimum absolute atomic E-state index is 0.0610. The molecule has 0 saturated heterocycles. The molecule has 2 aromatic rings. The van der Waals surface area contributed by atoms with Crippen molar-refractivity contribution in [2.24, 2.45) is 0 Å². The average molecular weight is 307 g/mol. The molecule has 1 aromatic heterocycles. The normalized spacial score (nSPS) is 17.5. The van der Waals surface area contributed by atoms with Crippen molar-refractivity contribution in [2.45, 2.75) is 31.8 Å². The summed E-state index contributed by atoms with van der Waals surface area (Å²) in [7, 11) is 0. The molecule has 21 heavy (non-hydrogen) atoms. The second-order valence-corrected chi connectivity index (χ2v) is 5.74. The standard InChI is InChI=1S/C16H16ClFN2O/c17-12-6-4-10(8-13(12)18)9-19-14-2-1-3-15-11(14)5-7-16(21)20-15/h4-8,14,19H,1-3,9H2,(H,20,21). The SMILES string of the molecule is O=c1ccc2c([nH]1)CCCC2NCc1ccc(Cl)c(F)c1. The van der Waals surface area contributed by atoms with Crippen LogP contribution in [0.4, 0.5) is 4.39 Å². The smallest absolute Gasteiger partial charge is 0.248 e. The first-order chi connectivity index (χ1) is 10.1. The molecule has 3 rings (SSSR count). The number of H-pyrrole nitrogens is 1. The molecule has 1 unspecified atom stereocenters. The number of nitrogens with one attached hydrogen (secondary N) is 2. The first-order valence-corrected chi connectivity index (χ1v) is 7.41. The van der Waals surface area contributed by atoms with Gasteiger partial charge in [0.05, 0.1) is 5.02 Å². The van der Waals surface area contributed by atoms with E-state index in [-0.39, 0.29) is 16.6 Å². The van der Waals surface area contributed by atoms with E-state index < -0.39 is 5.82 Å². The van der Waals surface area contributed by atoms with Crippen molar-refractivity contribution in [1.29, 1.82) is 0 Å². The number of fused-ring (bicyclic) bond motifs is 1. The van der Waals surface area contributed by atoms with Gasteiger partial charge < -0.3 is 10.3 Å².